The number of piperidine rings is 1. The van der Waals surface area contributed by atoms with Crippen molar-refractivity contribution >= 4 is 24.8 Å². The van der Waals surface area contributed by atoms with E-state index in [2.05, 4.69) is 22.9 Å². The number of halogens is 2. The van der Waals surface area contributed by atoms with Crippen LogP contribution < -0.4 is 5.73 Å². The van der Waals surface area contributed by atoms with Gasteiger partial charge in [-0.25, -0.2) is 0 Å². The highest BCUT2D eigenvalue weighted by Crippen LogP contribution is 2.19. The van der Waals surface area contributed by atoms with Gasteiger partial charge in [0.25, 0.3) is 0 Å². The molecule has 0 saturated carbocycles. The molecule has 0 radical (unpaired) electrons. The molecule has 2 rings (SSSR count). The highest BCUT2D eigenvalue weighted by atomic mass is 35.5. The largest absolute Gasteiger partial charge is 0.328 e. The maximum absolute atomic E-state index is 5.95. The van der Waals surface area contributed by atoms with Gasteiger partial charge in [0, 0.05) is 25.0 Å². The summed E-state index contributed by atoms with van der Waals surface area (Å²) in [7, 11) is 0. The van der Waals surface area contributed by atoms with Gasteiger partial charge in [-0.05, 0) is 56.8 Å². The minimum atomic E-state index is 0. The third kappa shape index (κ3) is 6.09. The Morgan fingerprint density at radius 2 is 2.05 bits per heavy atom. The van der Waals surface area contributed by atoms with Crippen LogP contribution in [0.25, 0.3) is 0 Å². The van der Waals surface area contributed by atoms with E-state index in [9.17, 15) is 0 Å². The Morgan fingerprint density at radius 1 is 1.37 bits per heavy atom. The molecule has 5 heteroatoms. The molecule has 0 spiro atoms. The van der Waals surface area contributed by atoms with Crippen molar-refractivity contribution in [3.63, 3.8) is 0 Å². The van der Waals surface area contributed by atoms with Crippen molar-refractivity contribution in [1.29, 1.82) is 0 Å². The number of aromatic nitrogens is 1. The van der Waals surface area contributed by atoms with Gasteiger partial charge in [-0.2, -0.15) is 0 Å². The molecule has 110 valence electrons. The number of nitrogens with zero attached hydrogens (tertiary/aromatic N) is 2. The zero-order valence-corrected chi connectivity index (χ0v) is 13.1. The Hall–Kier alpha value is -0.350. The van der Waals surface area contributed by atoms with Crippen LogP contribution in [0, 0.1) is 5.92 Å². The SMILES string of the molecule is CC(N)C1CCN(CCc2cccnc2)CC1.Cl.Cl. The van der Waals surface area contributed by atoms with Crippen LogP contribution in [0.1, 0.15) is 25.3 Å². The predicted molar refractivity (Wildman–Crippen MR) is 85.3 cm³/mol. The molecule has 1 aromatic rings. The molecule has 1 atom stereocenters. The van der Waals surface area contributed by atoms with E-state index >= 15 is 0 Å². The lowest BCUT2D eigenvalue weighted by molar-refractivity contribution is 0.174. The Bertz CT molecular complexity index is 325. The lowest BCUT2D eigenvalue weighted by Gasteiger charge is -2.33. The van der Waals surface area contributed by atoms with Crippen LogP contribution in [0.2, 0.25) is 0 Å². The minimum absolute atomic E-state index is 0. The zero-order valence-electron chi connectivity index (χ0n) is 11.5. The molecule has 0 amide bonds. The summed E-state index contributed by atoms with van der Waals surface area (Å²) in [4.78, 5) is 6.70. The van der Waals surface area contributed by atoms with Crippen LogP contribution in [-0.4, -0.2) is 35.6 Å². The van der Waals surface area contributed by atoms with Crippen molar-refractivity contribution in [1.82, 2.24) is 9.88 Å². The van der Waals surface area contributed by atoms with Crippen LogP contribution in [0.5, 0.6) is 0 Å². The van der Waals surface area contributed by atoms with Crippen LogP contribution >= 0.6 is 24.8 Å². The second kappa shape index (κ2) is 9.54. The Morgan fingerprint density at radius 3 is 2.58 bits per heavy atom. The fraction of sp³-hybridized carbons (Fsp3) is 0.643. The van der Waals surface area contributed by atoms with Gasteiger partial charge >= 0.3 is 0 Å². The second-order valence-corrected chi connectivity index (χ2v) is 5.15. The minimum Gasteiger partial charge on any atom is -0.328 e. The van der Waals surface area contributed by atoms with E-state index in [0.29, 0.717) is 6.04 Å². The normalized spacial score (nSPS) is 18.2. The van der Waals surface area contributed by atoms with Crippen molar-refractivity contribution in [3.8, 4) is 0 Å². The second-order valence-electron chi connectivity index (χ2n) is 5.15. The van der Waals surface area contributed by atoms with Gasteiger partial charge in [0.1, 0.15) is 0 Å². The first-order valence-electron chi connectivity index (χ1n) is 6.62. The van der Waals surface area contributed by atoms with E-state index in [1.54, 1.807) is 0 Å². The molecule has 1 fully saturated rings. The maximum Gasteiger partial charge on any atom is 0.0300 e. The van der Waals surface area contributed by atoms with E-state index in [0.717, 1.165) is 18.9 Å². The molecule has 19 heavy (non-hydrogen) atoms. The van der Waals surface area contributed by atoms with Crippen molar-refractivity contribution in [2.24, 2.45) is 11.7 Å². The molecular formula is C14H25Cl2N3. The standard InChI is InChI=1S/C14H23N3.2ClH/c1-12(15)14-5-9-17(10-6-14)8-4-13-3-2-7-16-11-13;;/h2-3,7,11-12,14H,4-6,8-10,15H2,1H3;2*1H. The average Bonchev–Trinajstić information content (AvgIpc) is 2.38. The molecule has 0 aliphatic carbocycles. The van der Waals surface area contributed by atoms with E-state index in [-0.39, 0.29) is 24.8 Å². The summed E-state index contributed by atoms with van der Waals surface area (Å²) in [6.45, 7) is 5.69. The fourth-order valence-electron chi connectivity index (χ4n) is 2.54. The van der Waals surface area contributed by atoms with Gasteiger partial charge in [-0.15, -0.1) is 24.8 Å². The summed E-state index contributed by atoms with van der Waals surface area (Å²) in [6, 6.07) is 4.52. The number of rotatable bonds is 4. The Labute approximate surface area is 128 Å². The third-order valence-corrected chi connectivity index (χ3v) is 3.82. The molecule has 1 aliphatic rings. The molecule has 2 heterocycles. The molecule has 1 unspecified atom stereocenters. The van der Waals surface area contributed by atoms with Gasteiger partial charge < -0.3 is 10.6 Å². The number of hydrogen-bond donors (Lipinski definition) is 1. The maximum atomic E-state index is 5.95. The van der Waals surface area contributed by atoms with Crippen LogP contribution in [0.4, 0.5) is 0 Å². The molecule has 2 N–H and O–H groups in total. The summed E-state index contributed by atoms with van der Waals surface area (Å²) in [6.07, 6.45) is 7.42. The number of hydrogen-bond acceptors (Lipinski definition) is 3. The van der Waals surface area contributed by atoms with E-state index in [4.69, 9.17) is 5.73 Å². The van der Waals surface area contributed by atoms with Gasteiger partial charge in [0.05, 0.1) is 0 Å². The average molecular weight is 306 g/mol. The van der Waals surface area contributed by atoms with Crippen molar-refractivity contribution in [2.75, 3.05) is 19.6 Å². The lowest BCUT2D eigenvalue weighted by atomic mass is 9.91. The molecule has 3 nitrogen and oxygen atoms in total. The summed E-state index contributed by atoms with van der Waals surface area (Å²) in [5.41, 5.74) is 7.29. The molecule has 0 aromatic carbocycles. The quantitative estimate of drug-likeness (QED) is 0.929. The van der Waals surface area contributed by atoms with Gasteiger partial charge in [-0.3, -0.25) is 4.98 Å². The number of pyridine rings is 1. The molecule has 0 bridgehead atoms. The first-order valence-corrected chi connectivity index (χ1v) is 6.62. The topological polar surface area (TPSA) is 42.1 Å². The summed E-state index contributed by atoms with van der Waals surface area (Å²) in [5.74, 6) is 0.727. The predicted octanol–water partition coefficient (Wildman–Crippen LogP) is 2.53. The van der Waals surface area contributed by atoms with Crippen LogP contribution in [0.15, 0.2) is 24.5 Å². The van der Waals surface area contributed by atoms with Crippen molar-refractivity contribution < 1.29 is 0 Å². The first-order chi connectivity index (χ1) is 8.25. The lowest BCUT2D eigenvalue weighted by Crippen LogP contribution is -2.40. The monoisotopic (exact) mass is 305 g/mol. The molecule has 1 aromatic heterocycles. The summed E-state index contributed by atoms with van der Waals surface area (Å²) < 4.78 is 0. The summed E-state index contributed by atoms with van der Waals surface area (Å²) >= 11 is 0. The highest BCUT2D eigenvalue weighted by molar-refractivity contribution is 5.85. The Kier molecular flexibility index (Phi) is 9.36. The van der Waals surface area contributed by atoms with Gasteiger partial charge in [0.15, 0.2) is 0 Å². The zero-order chi connectivity index (χ0) is 12.1. The van der Waals surface area contributed by atoms with Crippen molar-refractivity contribution in [3.05, 3.63) is 30.1 Å². The highest BCUT2D eigenvalue weighted by Gasteiger charge is 2.21. The van der Waals surface area contributed by atoms with E-state index in [1.165, 1.54) is 31.5 Å². The summed E-state index contributed by atoms with van der Waals surface area (Å²) in [5, 5.41) is 0. The third-order valence-electron chi connectivity index (χ3n) is 3.82. The molecule has 1 aliphatic heterocycles. The Balaban J connectivity index is 0.00000162. The van der Waals surface area contributed by atoms with Crippen LogP contribution in [0.3, 0.4) is 0 Å². The van der Waals surface area contributed by atoms with E-state index in [1.807, 2.05) is 18.5 Å². The van der Waals surface area contributed by atoms with Crippen molar-refractivity contribution in [2.45, 2.75) is 32.2 Å². The van der Waals surface area contributed by atoms with E-state index < -0.39 is 0 Å². The smallest absolute Gasteiger partial charge is 0.0300 e. The van der Waals surface area contributed by atoms with Crippen LogP contribution in [-0.2, 0) is 6.42 Å². The van der Waals surface area contributed by atoms with Gasteiger partial charge in [-0.1, -0.05) is 6.07 Å². The number of nitrogens with two attached hydrogens (primary N) is 1. The molecule has 1 saturated heterocycles. The number of likely N-dealkylation sites (tertiary alicyclic amines) is 1. The fourth-order valence-corrected chi connectivity index (χ4v) is 2.54. The molecular weight excluding hydrogens is 281 g/mol. The first kappa shape index (κ1) is 18.7. The van der Waals surface area contributed by atoms with Gasteiger partial charge in [0.2, 0.25) is 0 Å².